The number of aromatic amines is 1. The summed E-state index contributed by atoms with van der Waals surface area (Å²) in [6, 6.07) is 6.28. The zero-order valence-electron chi connectivity index (χ0n) is 24.0. The number of H-pyrrole nitrogens is 1. The van der Waals surface area contributed by atoms with E-state index in [1.54, 1.807) is 13.3 Å². The minimum atomic E-state index is -0.914. The van der Waals surface area contributed by atoms with Crippen LogP contribution in [0.2, 0.25) is 0 Å². The second-order valence-electron chi connectivity index (χ2n) is 11.3. The number of pyridine rings is 2. The summed E-state index contributed by atoms with van der Waals surface area (Å²) in [5.41, 5.74) is 3.47. The minimum Gasteiger partial charge on any atom is -0.377 e. The monoisotopic (exact) mass is 569 g/mol. The van der Waals surface area contributed by atoms with Gasteiger partial charge in [0.25, 0.3) is 11.5 Å². The number of alkyl halides is 1. The Balaban J connectivity index is 1.34. The fraction of sp³-hybridized carbons (Fsp3) is 0.567. The number of carbonyl (C=O) groups is 1. The number of aryl methyl sites for hydroxylation is 1. The van der Waals surface area contributed by atoms with Crippen LogP contribution in [-0.4, -0.2) is 70.1 Å². The van der Waals surface area contributed by atoms with Crippen molar-refractivity contribution in [3.05, 3.63) is 57.3 Å². The molecule has 3 aromatic rings. The number of fused-ring (bicyclic) bond motifs is 1. The summed E-state index contributed by atoms with van der Waals surface area (Å²) in [4.78, 5) is 36.9. The van der Waals surface area contributed by atoms with Gasteiger partial charge in [-0.05, 0) is 76.8 Å². The molecule has 1 amide bonds. The van der Waals surface area contributed by atoms with Gasteiger partial charge in [0, 0.05) is 72.3 Å². The molecule has 0 spiro atoms. The molecule has 216 valence electrons. The number of methoxy groups -OCH3 is 1. The number of aromatic nitrogens is 3. The first-order valence-electron chi connectivity index (χ1n) is 14.1. The van der Waals surface area contributed by atoms with Gasteiger partial charge in [-0.15, -0.1) is 11.8 Å². The summed E-state index contributed by atoms with van der Waals surface area (Å²) in [6.07, 6.45) is 6.60. The molecule has 3 atom stereocenters. The highest BCUT2D eigenvalue weighted by atomic mass is 32.2. The Kier molecular flexibility index (Phi) is 8.68. The van der Waals surface area contributed by atoms with Gasteiger partial charge >= 0.3 is 0 Å². The first-order chi connectivity index (χ1) is 19.2. The molecule has 10 heteroatoms. The summed E-state index contributed by atoms with van der Waals surface area (Å²) in [5.74, 6) is 0.223. The van der Waals surface area contributed by atoms with Gasteiger partial charge in [-0.3, -0.25) is 14.5 Å². The predicted molar refractivity (Wildman–Crippen MR) is 157 cm³/mol. The van der Waals surface area contributed by atoms with Crippen LogP contribution in [0.5, 0.6) is 0 Å². The van der Waals surface area contributed by atoms with Crippen molar-refractivity contribution >= 4 is 28.7 Å². The first-order valence-corrected chi connectivity index (χ1v) is 15.4. The van der Waals surface area contributed by atoms with Crippen LogP contribution in [-0.2, 0) is 11.3 Å². The molecule has 40 heavy (non-hydrogen) atoms. The smallest absolute Gasteiger partial charge is 0.254 e. The number of hydrogen-bond donors (Lipinski definition) is 2. The van der Waals surface area contributed by atoms with E-state index in [-0.39, 0.29) is 30.2 Å². The quantitative estimate of drug-likeness (QED) is 0.380. The van der Waals surface area contributed by atoms with Crippen LogP contribution in [0.15, 0.2) is 34.1 Å². The summed E-state index contributed by atoms with van der Waals surface area (Å²) < 4.78 is 21.8. The molecule has 2 N–H and O–H groups in total. The Morgan fingerprint density at radius 2 is 2.02 bits per heavy atom. The van der Waals surface area contributed by atoms with E-state index < -0.39 is 6.17 Å². The van der Waals surface area contributed by atoms with Gasteiger partial charge < -0.3 is 19.6 Å². The van der Waals surface area contributed by atoms with Gasteiger partial charge in [0.15, 0.2) is 0 Å². The molecular weight excluding hydrogens is 529 g/mol. The maximum Gasteiger partial charge on any atom is 0.254 e. The summed E-state index contributed by atoms with van der Waals surface area (Å²) in [5, 5.41) is 3.82. The Labute approximate surface area is 239 Å². The van der Waals surface area contributed by atoms with Crippen molar-refractivity contribution < 1.29 is 13.9 Å². The SMILES string of the molecule is CO[C@@H]1CN(C2CCC([C@@H](C)n3c(C)c(C(=O)NCc4c(SC)cc(C)[nH]c4=O)c4cccnc43)CC2)C[C@H]1F. The van der Waals surface area contributed by atoms with Crippen LogP contribution in [0.3, 0.4) is 0 Å². The van der Waals surface area contributed by atoms with E-state index in [1.807, 2.05) is 38.3 Å². The molecule has 5 rings (SSSR count). The fourth-order valence-electron chi connectivity index (χ4n) is 6.78. The lowest BCUT2D eigenvalue weighted by Crippen LogP contribution is -2.38. The number of carbonyl (C=O) groups excluding carboxylic acids is 1. The highest BCUT2D eigenvalue weighted by molar-refractivity contribution is 7.98. The lowest BCUT2D eigenvalue weighted by atomic mass is 9.81. The first kappa shape index (κ1) is 28.8. The molecule has 1 saturated heterocycles. The van der Waals surface area contributed by atoms with Crippen molar-refractivity contribution in [3.8, 4) is 0 Å². The number of likely N-dealkylation sites (tertiary alicyclic amines) is 1. The summed E-state index contributed by atoms with van der Waals surface area (Å²) in [6.45, 7) is 7.33. The molecule has 2 aliphatic rings. The van der Waals surface area contributed by atoms with Crippen molar-refractivity contribution in [2.45, 2.75) is 82.3 Å². The molecule has 1 saturated carbocycles. The number of nitrogens with one attached hydrogen (secondary N) is 2. The predicted octanol–water partition coefficient (Wildman–Crippen LogP) is 4.78. The molecular formula is C30H40FN5O3S. The second-order valence-corrected chi connectivity index (χ2v) is 12.1. The molecule has 1 aliphatic carbocycles. The van der Waals surface area contributed by atoms with E-state index >= 15 is 0 Å². The maximum atomic E-state index is 14.3. The third-order valence-electron chi connectivity index (χ3n) is 8.99. The zero-order chi connectivity index (χ0) is 28.6. The van der Waals surface area contributed by atoms with Crippen molar-refractivity contribution in [3.63, 3.8) is 0 Å². The van der Waals surface area contributed by atoms with Crippen LogP contribution in [0.4, 0.5) is 4.39 Å². The number of halogens is 1. The maximum absolute atomic E-state index is 14.3. The van der Waals surface area contributed by atoms with E-state index in [4.69, 9.17) is 9.72 Å². The normalized spacial score (nSPS) is 24.4. The number of amides is 1. The second kappa shape index (κ2) is 12.0. The lowest BCUT2D eigenvalue weighted by molar-refractivity contribution is 0.0589. The lowest BCUT2D eigenvalue weighted by Gasteiger charge is -2.37. The van der Waals surface area contributed by atoms with Crippen molar-refractivity contribution in [1.82, 2.24) is 24.8 Å². The fourth-order valence-corrected chi connectivity index (χ4v) is 7.48. The number of ether oxygens (including phenoxy) is 1. The minimum absolute atomic E-state index is 0.150. The van der Waals surface area contributed by atoms with Crippen molar-refractivity contribution in [2.75, 3.05) is 26.5 Å². The average molecular weight is 570 g/mol. The van der Waals surface area contributed by atoms with Crippen LogP contribution in [0.25, 0.3) is 11.0 Å². The summed E-state index contributed by atoms with van der Waals surface area (Å²) >= 11 is 1.50. The largest absolute Gasteiger partial charge is 0.377 e. The molecule has 0 unspecified atom stereocenters. The van der Waals surface area contributed by atoms with E-state index in [0.717, 1.165) is 53.0 Å². The third kappa shape index (κ3) is 5.45. The molecule has 0 radical (unpaired) electrons. The molecule has 1 aliphatic heterocycles. The Hall–Kier alpha value is -2.69. The molecule has 2 fully saturated rings. The Morgan fingerprint density at radius 1 is 1.27 bits per heavy atom. The van der Waals surface area contributed by atoms with Crippen LogP contribution in [0.1, 0.15) is 66.0 Å². The molecule has 8 nitrogen and oxygen atoms in total. The van der Waals surface area contributed by atoms with Crippen LogP contribution >= 0.6 is 11.8 Å². The van der Waals surface area contributed by atoms with Gasteiger partial charge in [0.1, 0.15) is 17.9 Å². The van der Waals surface area contributed by atoms with Crippen LogP contribution < -0.4 is 10.9 Å². The van der Waals surface area contributed by atoms with E-state index in [1.165, 1.54) is 11.8 Å². The number of thioether (sulfide) groups is 1. The summed E-state index contributed by atoms with van der Waals surface area (Å²) in [7, 11) is 1.59. The average Bonchev–Trinajstić information content (AvgIpc) is 3.47. The standard InChI is InChI=1S/C30H40FN5O3S/c1-17-13-26(40-5)23(29(37)34-17)14-33-30(38)27-19(3)36(28-22(27)7-6-12-32-28)18(2)20-8-10-21(11-9-20)35-15-24(31)25(16-35)39-4/h6-7,12-13,18,20-21,24-25H,8-11,14-16H2,1-5H3,(H,33,38)(H,34,37)/t18-,20?,21?,24-,25-/m1/s1. The Morgan fingerprint density at radius 3 is 2.70 bits per heavy atom. The highest BCUT2D eigenvalue weighted by Gasteiger charge is 2.39. The molecule has 3 aromatic heterocycles. The van der Waals surface area contributed by atoms with E-state index in [0.29, 0.717) is 36.2 Å². The highest BCUT2D eigenvalue weighted by Crippen LogP contribution is 2.39. The molecule has 0 bridgehead atoms. The molecule has 0 aromatic carbocycles. The van der Waals surface area contributed by atoms with Gasteiger partial charge in [0.2, 0.25) is 0 Å². The third-order valence-corrected chi connectivity index (χ3v) is 9.79. The van der Waals surface area contributed by atoms with Crippen molar-refractivity contribution in [2.24, 2.45) is 5.92 Å². The Bertz CT molecular complexity index is 1430. The van der Waals surface area contributed by atoms with E-state index in [2.05, 4.69) is 26.7 Å². The number of nitrogens with zero attached hydrogens (tertiary/aromatic N) is 3. The zero-order valence-corrected chi connectivity index (χ0v) is 24.8. The number of rotatable bonds is 8. The van der Waals surface area contributed by atoms with Gasteiger partial charge in [0.05, 0.1) is 5.56 Å². The van der Waals surface area contributed by atoms with Gasteiger partial charge in [-0.1, -0.05) is 0 Å². The van der Waals surface area contributed by atoms with Crippen molar-refractivity contribution in [1.29, 1.82) is 0 Å². The topological polar surface area (TPSA) is 92.2 Å². The molecule has 4 heterocycles. The number of hydrogen-bond acceptors (Lipinski definition) is 6. The van der Waals surface area contributed by atoms with Gasteiger partial charge in [-0.2, -0.15) is 0 Å². The van der Waals surface area contributed by atoms with Crippen LogP contribution in [0, 0.1) is 19.8 Å². The van der Waals surface area contributed by atoms with E-state index in [9.17, 15) is 14.0 Å². The van der Waals surface area contributed by atoms with Gasteiger partial charge in [-0.25, -0.2) is 9.37 Å².